The fourth-order valence-electron chi connectivity index (χ4n) is 13.8. The first-order chi connectivity index (χ1) is 27.0. The number of hydrogen-bond donors (Lipinski definition) is 0. The number of fused-ring (bicyclic) bond motifs is 10. The Morgan fingerprint density at radius 2 is 0.891 bits per heavy atom. The van der Waals surface area contributed by atoms with Crippen LogP contribution in [0.4, 0.5) is 0 Å². The van der Waals surface area contributed by atoms with Crippen molar-refractivity contribution in [3.05, 3.63) is 168 Å². The minimum atomic E-state index is -0.00777. The van der Waals surface area contributed by atoms with Gasteiger partial charge in [-0.1, -0.05) is 147 Å². The second-order valence-corrected chi connectivity index (χ2v) is 18.4. The summed E-state index contributed by atoms with van der Waals surface area (Å²) in [6, 6.07) is 56.6. The highest BCUT2D eigenvalue weighted by Crippen LogP contribution is 2.70. The van der Waals surface area contributed by atoms with Gasteiger partial charge in [0, 0.05) is 10.8 Å². The lowest BCUT2D eigenvalue weighted by Crippen LogP contribution is -2.55. The molecule has 8 aromatic rings. The number of rotatable bonds is 2. The van der Waals surface area contributed by atoms with Crippen molar-refractivity contribution in [1.82, 2.24) is 0 Å². The Kier molecular flexibility index (Phi) is 5.96. The summed E-state index contributed by atoms with van der Waals surface area (Å²) in [4.78, 5) is 0. The standard InChI is InChI=1S/C55H44/c1-54(2)48-18-10-9-13-40(48)46-30-35(20-23-49(46)54)51-41-14-5-7-16-43(41)52(44-17-8-6-15-42(44)51)36-21-24-50-47(31-36)45-22-19-34-11-3-4-12-39(34)53(45)55(50)37-26-32-25-33(28-37)29-38(55)27-32/h3-24,30-33,37-38H,25-29H2,1-2H3. The van der Waals surface area contributed by atoms with Crippen LogP contribution in [0, 0.1) is 23.7 Å². The van der Waals surface area contributed by atoms with Gasteiger partial charge in [0.25, 0.3) is 0 Å². The van der Waals surface area contributed by atoms with Gasteiger partial charge in [0.05, 0.1) is 0 Å². The van der Waals surface area contributed by atoms with E-state index >= 15 is 0 Å². The van der Waals surface area contributed by atoms with Crippen LogP contribution in [0.1, 0.15) is 68.2 Å². The molecule has 0 heteroatoms. The lowest BCUT2D eigenvalue weighted by Gasteiger charge is -2.61. The highest BCUT2D eigenvalue weighted by molar-refractivity contribution is 6.22. The summed E-state index contributed by atoms with van der Waals surface area (Å²) >= 11 is 0. The molecule has 0 amide bonds. The molecule has 264 valence electrons. The summed E-state index contributed by atoms with van der Waals surface area (Å²) in [5.74, 6) is 3.34. The maximum Gasteiger partial charge on any atom is 0.0278 e. The predicted octanol–water partition coefficient (Wildman–Crippen LogP) is 14.5. The molecule has 0 atom stereocenters. The molecule has 0 aliphatic heterocycles. The zero-order valence-corrected chi connectivity index (χ0v) is 31.7. The van der Waals surface area contributed by atoms with Gasteiger partial charge in [-0.2, -0.15) is 0 Å². The first kappa shape index (κ1) is 30.8. The molecule has 0 nitrogen and oxygen atoms in total. The molecule has 6 aliphatic carbocycles. The van der Waals surface area contributed by atoms with E-state index < -0.39 is 0 Å². The predicted molar refractivity (Wildman–Crippen MR) is 231 cm³/mol. The first-order valence-corrected chi connectivity index (χ1v) is 20.9. The Balaban J connectivity index is 1.06. The van der Waals surface area contributed by atoms with Crippen LogP contribution < -0.4 is 0 Å². The Morgan fingerprint density at radius 1 is 0.400 bits per heavy atom. The Labute approximate surface area is 323 Å². The Bertz CT molecular complexity index is 2890. The van der Waals surface area contributed by atoms with Crippen LogP contribution in [-0.2, 0) is 10.8 Å². The normalized spacial score (nSPS) is 24.8. The lowest BCUT2D eigenvalue weighted by atomic mass is 9.43. The van der Waals surface area contributed by atoms with Crippen molar-refractivity contribution in [2.24, 2.45) is 23.7 Å². The van der Waals surface area contributed by atoms with E-state index in [0.29, 0.717) is 0 Å². The van der Waals surface area contributed by atoms with E-state index in [1.165, 1.54) is 120 Å². The first-order valence-electron chi connectivity index (χ1n) is 20.9. The van der Waals surface area contributed by atoms with Gasteiger partial charge in [0.1, 0.15) is 0 Å². The third-order valence-corrected chi connectivity index (χ3v) is 15.6. The molecular weight excluding hydrogens is 661 g/mol. The molecule has 14 rings (SSSR count). The van der Waals surface area contributed by atoms with Crippen LogP contribution in [0.5, 0.6) is 0 Å². The fraction of sp³-hybridized carbons (Fsp3) is 0.236. The highest BCUT2D eigenvalue weighted by Gasteiger charge is 2.62. The van der Waals surface area contributed by atoms with Crippen LogP contribution in [0.25, 0.3) is 76.8 Å². The minimum absolute atomic E-state index is 0.00777. The molecular formula is C55H44. The summed E-state index contributed by atoms with van der Waals surface area (Å²) in [5.41, 5.74) is 17.3. The van der Waals surface area contributed by atoms with Gasteiger partial charge in [-0.15, -0.1) is 0 Å². The second-order valence-electron chi connectivity index (χ2n) is 18.4. The minimum Gasteiger partial charge on any atom is -0.0619 e. The van der Waals surface area contributed by atoms with Crippen molar-refractivity contribution >= 4 is 32.3 Å². The van der Waals surface area contributed by atoms with Crippen molar-refractivity contribution in [2.45, 2.75) is 56.8 Å². The van der Waals surface area contributed by atoms with Gasteiger partial charge in [-0.25, -0.2) is 0 Å². The molecule has 4 saturated carbocycles. The van der Waals surface area contributed by atoms with Crippen LogP contribution in [0.15, 0.2) is 146 Å². The van der Waals surface area contributed by atoms with Gasteiger partial charge in [-0.3, -0.25) is 0 Å². The van der Waals surface area contributed by atoms with Gasteiger partial charge in [0.15, 0.2) is 0 Å². The van der Waals surface area contributed by atoms with E-state index in [9.17, 15) is 0 Å². The molecule has 55 heavy (non-hydrogen) atoms. The summed E-state index contributed by atoms with van der Waals surface area (Å²) in [5, 5.41) is 8.20. The zero-order chi connectivity index (χ0) is 36.2. The average molecular weight is 705 g/mol. The molecule has 6 aliphatic rings. The average Bonchev–Trinajstić information content (AvgIpc) is 3.64. The van der Waals surface area contributed by atoms with Crippen molar-refractivity contribution in [1.29, 1.82) is 0 Å². The Morgan fingerprint density at radius 3 is 1.51 bits per heavy atom. The van der Waals surface area contributed by atoms with Gasteiger partial charge in [0.2, 0.25) is 0 Å². The molecule has 4 fully saturated rings. The second kappa shape index (κ2) is 10.6. The van der Waals surface area contributed by atoms with Gasteiger partial charge in [-0.05, 0) is 167 Å². The molecule has 1 spiro atoms. The maximum absolute atomic E-state index is 2.62. The third-order valence-electron chi connectivity index (χ3n) is 15.6. The van der Waals surface area contributed by atoms with E-state index in [1.807, 2.05) is 0 Å². The largest absolute Gasteiger partial charge is 0.0619 e. The van der Waals surface area contributed by atoms with Crippen molar-refractivity contribution in [3.8, 4) is 44.5 Å². The molecule has 4 bridgehead atoms. The summed E-state index contributed by atoms with van der Waals surface area (Å²) in [6.45, 7) is 4.75. The summed E-state index contributed by atoms with van der Waals surface area (Å²) in [7, 11) is 0. The van der Waals surface area contributed by atoms with Crippen molar-refractivity contribution in [2.75, 3.05) is 0 Å². The zero-order valence-electron chi connectivity index (χ0n) is 31.7. The summed E-state index contributed by atoms with van der Waals surface area (Å²) in [6.07, 6.45) is 7.08. The van der Waals surface area contributed by atoms with Crippen LogP contribution >= 0.6 is 0 Å². The van der Waals surface area contributed by atoms with Gasteiger partial charge < -0.3 is 0 Å². The van der Waals surface area contributed by atoms with Crippen LogP contribution in [0.2, 0.25) is 0 Å². The quantitative estimate of drug-likeness (QED) is 0.157. The van der Waals surface area contributed by atoms with E-state index in [4.69, 9.17) is 0 Å². The molecule has 0 aromatic heterocycles. The maximum atomic E-state index is 2.62. The smallest absolute Gasteiger partial charge is 0.0278 e. The van der Waals surface area contributed by atoms with E-state index in [1.54, 1.807) is 11.1 Å². The number of benzene rings is 8. The van der Waals surface area contributed by atoms with Crippen LogP contribution in [-0.4, -0.2) is 0 Å². The van der Waals surface area contributed by atoms with Crippen LogP contribution in [0.3, 0.4) is 0 Å². The van der Waals surface area contributed by atoms with E-state index in [0.717, 1.165) is 23.7 Å². The molecule has 8 aromatic carbocycles. The topological polar surface area (TPSA) is 0 Å². The third kappa shape index (κ3) is 3.84. The van der Waals surface area contributed by atoms with E-state index in [-0.39, 0.29) is 10.8 Å². The van der Waals surface area contributed by atoms with Crippen molar-refractivity contribution < 1.29 is 0 Å². The fourth-order valence-corrected chi connectivity index (χ4v) is 13.8. The molecule has 0 N–H and O–H groups in total. The highest BCUT2D eigenvalue weighted by atomic mass is 14.6. The van der Waals surface area contributed by atoms with Gasteiger partial charge >= 0.3 is 0 Å². The lowest BCUT2D eigenvalue weighted by molar-refractivity contribution is -0.0393. The molecule has 0 unspecified atom stereocenters. The molecule has 0 saturated heterocycles. The SMILES string of the molecule is CC1(C)c2ccccc2-c2cc(-c3c4ccccc4c(-c4ccc5c(c4)-c4ccc6ccccc6c4C54C5CC6CC(C5)CC4C6)c4ccccc34)ccc21. The number of hydrogen-bond acceptors (Lipinski definition) is 0. The monoisotopic (exact) mass is 704 g/mol. The molecule has 0 radical (unpaired) electrons. The summed E-state index contributed by atoms with van der Waals surface area (Å²) < 4.78 is 0. The van der Waals surface area contributed by atoms with Crippen molar-refractivity contribution in [3.63, 3.8) is 0 Å². The Hall–Kier alpha value is -5.46. The molecule has 0 heterocycles. The van der Waals surface area contributed by atoms with E-state index in [2.05, 4.69) is 159 Å².